The van der Waals surface area contributed by atoms with Gasteiger partial charge in [-0.3, -0.25) is 4.57 Å². The molecule has 2 aromatic rings. The normalized spacial score (nSPS) is 14.2. The van der Waals surface area contributed by atoms with E-state index >= 15 is 0 Å². The molecule has 0 saturated carbocycles. The zero-order chi connectivity index (χ0) is 12.3. The minimum atomic E-state index is -2.92. The van der Waals surface area contributed by atoms with Crippen molar-refractivity contribution in [1.29, 1.82) is 0 Å². The van der Waals surface area contributed by atoms with Gasteiger partial charge in [0.1, 0.15) is 0 Å². The van der Waals surface area contributed by atoms with Gasteiger partial charge in [-0.1, -0.05) is 35.9 Å². The van der Waals surface area contributed by atoms with Crippen LogP contribution in [0.1, 0.15) is 5.56 Å². The molecule has 0 aliphatic heterocycles. The summed E-state index contributed by atoms with van der Waals surface area (Å²) in [5.41, 5.74) is 1.14. The van der Waals surface area contributed by atoms with E-state index in [1.807, 2.05) is 61.5 Å². The molecule has 0 aliphatic carbocycles. The first kappa shape index (κ1) is 12.1. The van der Waals surface area contributed by atoms with Gasteiger partial charge in [0.2, 0.25) is 0 Å². The molecule has 0 heterocycles. The predicted octanol–water partition coefficient (Wildman–Crippen LogP) is 2.87. The first-order chi connectivity index (χ1) is 8.16. The van der Waals surface area contributed by atoms with Gasteiger partial charge in [-0.25, -0.2) is 0 Å². The average Bonchev–Trinajstić information content (AvgIpc) is 2.40. The lowest BCUT2D eigenvalue weighted by molar-refractivity contribution is 0.412. The first-order valence-corrected chi connectivity index (χ1v) is 7.08. The lowest BCUT2D eigenvalue weighted by Gasteiger charge is -2.16. The van der Waals surface area contributed by atoms with Crippen molar-refractivity contribution in [2.75, 3.05) is 7.11 Å². The van der Waals surface area contributed by atoms with Gasteiger partial charge in [0.25, 0.3) is 7.37 Å². The monoisotopic (exact) mass is 246 g/mol. The molecule has 0 amide bonds. The first-order valence-electron chi connectivity index (χ1n) is 5.45. The Labute approximate surface area is 102 Å². The van der Waals surface area contributed by atoms with E-state index < -0.39 is 7.37 Å². The summed E-state index contributed by atoms with van der Waals surface area (Å²) in [7, 11) is -1.43. The van der Waals surface area contributed by atoms with Crippen LogP contribution in [-0.4, -0.2) is 7.11 Å². The van der Waals surface area contributed by atoms with Gasteiger partial charge in [0.05, 0.1) is 0 Å². The molecule has 17 heavy (non-hydrogen) atoms. The third kappa shape index (κ3) is 2.33. The molecule has 2 rings (SSSR count). The van der Waals surface area contributed by atoms with E-state index in [0.717, 1.165) is 16.2 Å². The van der Waals surface area contributed by atoms with Crippen LogP contribution >= 0.6 is 7.37 Å². The Morgan fingerprint density at radius 3 is 1.94 bits per heavy atom. The zero-order valence-corrected chi connectivity index (χ0v) is 10.9. The maximum Gasteiger partial charge on any atom is 0.261 e. The highest BCUT2D eigenvalue weighted by Crippen LogP contribution is 2.43. The molecule has 0 radical (unpaired) electrons. The fourth-order valence-corrected chi connectivity index (χ4v) is 3.55. The second-order valence-electron chi connectivity index (χ2n) is 3.91. The Hall–Kier alpha value is -1.37. The number of aryl methyl sites for hydroxylation is 1. The molecule has 3 heteroatoms. The Morgan fingerprint density at radius 2 is 1.41 bits per heavy atom. The van der Waals surface area contributed by atoms with Crippen molar-refractivity contribution in [3.8, 4) is 0 Å². The Kier molecular flexibility index (Phi) is 3.46. The molecule has 1 atom stereocenters. The molecule has 0 aliphatic rings. The molecular formula is C14H15O2P. The fraction of sp³-hybridized carbons (Fsp3) is 0.143. The van der Waals surface area contributed by atoms with Crippen molar-refractivity contribution in [3.05, 3.63) is 60.2 Å². The van der Waals surface area contributed by atoms with Crippen LogP contribution in [0.4, 0.5) is 0 Å². The average molecular weight is 246 g/mol. The molecule has 0 aromatic heterocycles. The fourth-order valence-electron chi connectivity index (χ4n) is 1.73. The SMILES string of the molecule is COP(=O)(c1ccccc1)c1ccc(C)cc1. The topological polar surface area (TPSA) is 26.3 Å². The lowest BCUT2D eigenvalue weighted by atomic mass is 10.2. The second kappa shape index (κ2) is 4.87. The molecule has 0 N–H and O–H groups in total. The van der Waals surface area contributed by atoms with Crippen LogP contribution in [0.3, 0.4) is 0 Å². The molecule has 2 aromatic carbocycles. The van der Waals surface area contributed by atoms with Crippen LogP contribution in [0.5, 0.6) is 0 Å². The number of hydrogen-bond donors (Lipinski definition) is 0. The summed E-state index contributed by atoms with van der Waals surface area (Å²) in [6.07, 6.45) is 0. The zero-order valence-electron chi connectivity index (χ0n) is 9.96. The highest BCUT2D eigenvalue weighted by Gasteiger charge is 2.26. The van der Waals surface area contributed by atoms with E-state index in [4.69, 9.17) is 4.52 Å². The van der Waals surface area contributed by atoms with Crippen LogP contribution in [-0.2, 0) is 9.09 Å². The lowest BCUT2D eigenvalue weighted by Crippen LogP contribution is -2.16. The van der Waals surface area contributed by atoms with Crippen molar-refractivity contribution in [2.24, 2.45) is 0 Å². The summed E-state index contributed by atoms with van der Waals surface area (Å²) in [5, 5.41) is 1.46. The van der Waals surface area contributed by atoms with Crippen LogP contribution in [0, 0.1) is 6.92 Å². The third-order valence-corrected chi connectivity index (χ3v) is 5.20. The highest BCUT2D eigenvalue weighted by molar-refractivity contribution is 7.74. The summed E-state index contributed by atoms with van der Waals surface area (Å²) >= 11 is 0. The van der Waals surface area contributed by atoms with E-state index in [1.54, 1.807) is 0 Å². The van der Waals surface area contributed by atoms with Crippen molar-refractivity contribution in [1.82, 2.24) is 0 Å². The van der Waals surface area contributed by atoms with Gasteiger partial charge < -0.3 is 4.52 Å². The quantitative estimate of drug-likeness (QED) is 0.778. The number of benzene rings is 2. The number of hydrogen-bond acceptors (Lipinski definition) is 2. The van der Waals surface area contributed by atoms with Crippen LogP contribution in [0.2, 0.25) is 0 Å². The van der Waals surface area contributed by atoms with E-state index in [-0.39, 0.29) is 0 Å². The molecule has 0 bridgehead atoms. The van der Waals surface area contributed by atoms with Crippen LogP contribution in [0.15, 0.2) is 54.6 Å². The van der Waals surface area contributed by atoms with Gasteiger partial charge in [-0.05, 0) is 31.2 Å². The van der Waals surface area contributed by atoms with Crippen molar-refractivity contribution in [2.45, 2.75) is 6.92 Å². The predicted molar refractivity (Wildman–Crippen MR) is 71.5 cm³/mol. The van der Waals surface area contributed by atoms with Gasteiger partial charge in [0.15, 0.2) is 0 Å². The highest BCUT2D eigenvalue weighted by atomic mass is 31.2. The molecule has 2 nitrogen and oxygen atoms in total. The van der Waals surface area contributed by atoms with Crippen LogP contribution < -0.4 is 10.6 Å². The largest absolute Gasteiger partial charge is 0.325 e. The van der Waals surface area contributed by atoms with Crippen LogP contribution in [0.25, 0.3) is 0 Å². The van der Waals surface area contributed by atoms with E-state index in [9.17, 15) is 4.57 Å². The van der Waals surface area contributed by atoms with E-state index in [1.165, 1.54) is 7.11 Å². The molecule has 0 saturated heterocycles. The van der Waals surface area contributed by atoms with Gasteiger partial charge >= 0.3 is 0 Å². The second-order valence-corrected chi connectivity index (χ2v) is 6.41. The summed E-state index contributed by atoms with van der Waals surface area (Å²) in [6, 6.07) is 16.9. The molecule has 0 spiro atoms. The minimum absolute atomic E-state index is 0.728. The maximum absolute atomic E-state index is 12.9. The Bertz CT molecular complexity index is 532. The number of rotatable bonds is 3. The van der Waals surface area contributed by atoms with Gasteiger partial charge in [0, 0.05) is 17.7 Å². The van der Waals surface area contributed by atoms with E-state index in [2.05, 4.69) is 0 Å². The molecule has 0 fully saturated rings. The van der Waals surface area contributed by atoms with Gasteiger partial charge in [-0.15, -0.1) is 0 Å². The van der Waals surface area contributed by atoms with Crippen molar-refractivity contribution in [3.63, 3.8) is 0 Å². The maximum atomic E-state index is 12.9. The van der Waals surface area contributed by atoms with Crippen molar-refractivity contribution >= 4 is 18.0 Å². The minimum Gasteiger partial charge on any atom is -0.325 e. The Morgan fingerprint density at radius 1 is 0.882 bits per heavy atom. The van der Waals surface area contributed by atoms with E-state index in [0.29, 0.717) is 0 Å². The summed E-state index contributed by atoms with van der Waals surface area (Å²) in [5.74, 6) is 0. The van der Waals surface area contributed by atoms with Gasteiger partial charge in [-0.2, -0.15) is 0 Å². The summed E-state index contributed by atoms with van der Waals surface area (Å²) in [6.45, 7) is 2.00. The summed E-state index contributed by atoms with van der Waals surface area (Å²) < 4.78 is 18.2. The Balaban J connectivity index is 2.52. The summed E-state index contributed by atoms with van der Waals surface area (Å²) in [4.78, 5) is 0. The standard InChI is InChI=1S/C14H15O2P/c1-12-8-10-14(11-9-12)17(15,16-2)13-6-4-3-5-7-13/h3-11H,1-2H3. The molecule has 1 unspecified atom stereocenters. The molecular weight excluding hydrogens is 231 g/mol. The molecule has 88 valence electrons. The third-order valence-electron chi connectivity index (χ3n) is 2.73. The smallest absolute Gasteiger partial charge is 0.261 e. The van der Waals surface area contributed by atoms with Crippen molar-refractivity contribution < 1.29 is 9.09 Å².